The molecule has 2 heterocycles. The van der Waals surface area contributed by atoms with Gasteiger partial charge in [-0.2, -0.15) is 4.98 Å². The molecule has 28 heavy (non-hydrogen) atoms. The third-order valence-electron chi connectivity index (χ3n) is 3.84. The van der Waals surface area contributed by atoms with Gasteiger partial charge in [-0.15, -0.1) is 24.0 Å². The van der Waals surface area contributed by atoms with Crippen LogP contribution in [0.2, 0.25) is 0 Å². The predicted molar refractivity (Wildman–Crippen MR) is 116 cm³/mol. The van der Waals surface area contributed by atoms with Gasteiger partial charge in [-0.05, 0) is 36.2 Å². The number of hydrogen-bond donors (Lipinski definition) is 2. The van der Waals surface area contributed by atoms with Crippen molar-refractivity contribution < 1.29 is 8.91 Å². The van der Waals surface area contributed by atoms with Gasteiger partial charge in [0.2, 0.25) is 0 Å². The van der Waals surface area contributed by atoms with E-state index in [-0.39, 0.29) is 29.8 Å². The first kappa shape index (κ1) is 21.7. The SMILES string of the molecule is CN=C(NCCc1ccc(F)cc1)NCCc1noc(-c2ccccn2)n1.I. The molecule has 9 heteroatoms. The maximum Gasteiger partial charge on any atom is 0.276 e. The van der Waals surface area contributed by atoms with Crippen LogP contribution in [0.25, 0.3) is 11.6 Å². The van der Waals surface area contributed by atoms with Gasteiger partial charge in [-0.25, -0.2) is 4.39 Å². The summed E-state index contributed by atoms with van der Waals surface area (Å²) in [5, 5.41) is 10.4. The molecule has 2 aromatic heterocycles. The lowest BCUT2D eigenvalue weighted by molar-refractivity contribution is 0.421. The summed E-state index contributed by atoms with van der Waals surface area (Å²) in [5.41, 5.74) is 1.72. The van der Waals surface area contributed by atoms with Gasteiger partial charge in [0.1, 0.15) is 11.5 Å². The lowest BCUT2D eigenvalue weighted by atomic mass is 10.1. The monoisotopic (exact) mass is 496 g/mol. The minimum absolute atomic E-state index is 0. The average molecular weight is 496 g/mol. The Hall–Kier alpha value is -2.56. The molecule has 0 aliphatic heterocycles. The van der Waals surface area contributed by atoms with E-state index in [0.29, 0.717) is 42.9 Å². The fourth-order valence-corrected chi connectivity index (χ4v) is 2.44. The van der Waals surface area contributed by atoms with E-state index < -0.39 is 0 Å². The van der Waals surface area contributed by atoms with Crippen LogP contribution in [0.4, 0.5) is 4.39 Å². The minimum atomic E-state index is -0.225. The largest absolute Gasteiger partial charge is 0.356 e. The summed E-state index contributed by atoms with van der Waals surface area (Å²) in [7, 11) is 1.71. The molecule has 0 saturated heterocycles. The lowest BCUT2D eigenvalue weighted by Crippen LogP contribution is -2.39. The second-order valence-electron chi connectivity index (χ2n) is 5.78. The molecular weight excluding hydrogens is 474 g/mol. The number of benzene rings is 1. The first-order valence-electron chi connectivity index (χ1n) is 8.67. The summed E-state index contributed by atoms with van der Waals surface area (Å²) >= 11 is 0. The van der Waals surface area contributed by atoms with Crippen molar-refractivity contribution in [3.05, 3.63) is 65.9 Å². The normalized spacial score (nSPS) is 11.0. The number of nitrogens with zero attached hydrogens (tertiary/aromatic N) is 4. The first-order valence-corrected chi connectivity index (χ1v) is 8.67. The van der Waals surface area contributed by atoms with Crippen LogP contribution in [-0.4, -0.2) is 41.2 Å². The van der Waals surface area contributed by atoms with Gasteiger partial charge in [-0.1, -0.05) is 23.4 Å². The topological polar surface area (TPSA) is 88.2 Å². The van der Waals surface area contributed by atoms with Gasteiger partial charge in [0.25, 0.3) is 5.89 Å². The average Bonchev–Trinajstić information content (AvgIpc) is 3.18. The van der Waals surface area contributed by atoms with Gasteiger partial charge in [0, 0.05) is 32.8 Å². The molecule has 0 aliphatic rings. The van der Waals surface area contributed by atoms with Crippen molar-refractivity contribution in [1.82, 2.24) is 25.8 Å². The molecule has 0 bridgehead atoms. The summed E-state index contributed by atoms with van der Waals surface area (Å²) < 4.78 is 18.1. The summed E-state index contributed by atoms with van der Waals surface area (Å²) in [4.78, 5) is 12.7. The summed E-state index contributed by atoms with van der Waals surface area (Å²) in [5.74, 6) is 1.47. The fraction of sp³-hybridized carbons (Fsp3) is 0.263. The molecule has 0 unspecified atom stereocenters. The zero-order valence-corrected chi connectivity index (χ0v) is 17.8. The Morgan fingerprint density at radius 3 is 2.50 bits per heavy atom. The molecule has 3 aromatic rings. The van der Waals surface area contributed by atoms with E-state index >= 15 is 0 Å². The van der Waals surface area contributed by atoms with Crippen molar-refractivity contribution in [1.29, 1.82) is 0 Å². The van der Waals surface area contributed by atoms with Crippen LogP contribution in [0, 0.1) is 5.82 Å². The van der Waals surface area contributed by atoms with E-state index in [1.54, 1.807) is 25.4 Å². The van der Waals surface area contributed by atoms with Crippen LogP contribution >= 0.6 is 24.0 Å². The molecule has 3 rings (SSSR count). The van der Waals surface area contributed by atoms with E-state index in [2.05, 4.69) is 30.8 Å². The molecule has 0 aliphatic carbocycles. The minimum Gasteiger partial charge on any atom is -0.356 e. The molecule has 0 saturated carbocycles. The quantitative estimate of drug-likeness (QED) is 0.297. The van der Waals surface area contributed by atoms with Crippen molar-refractivity contribution in [2.75, 3.05) is 20.1 Å². The van der Waals surface area contributed by atoms with E-state index in [9.17, 15) is 4.39 Å². The Labute approximate surface area is 179 Å². The molecule has 0 fully saturated rings. The standard InChI is InChI=1S/C19H21FN6O.HI/c1-21-19(23-12-9-14-5-7-15(20)8-6-14)24-13-10-17-25-18(27-26-17)16-4-2-3-11-22-16;/h2-8,11H,9-10,12-13H2,1H3,(H2,21,23,24);1H. The van der Waals surface area contributed by atoms with Gasteiger partial charge < -0.3 is 15.2 Å². The number of nitrogens with one attached hydrogen (secondary N) is 2. The number of halogens is 2. The Balaban J connectivity index is 0.00000280. The molecule has 0 radical (unpaired) electrons. The van der Waals surface area contributed by atoms with Crippen LogP contribution in [0.15, 0.2) is 58.2 Å². The maximum absolute atomic E-state index is 12.9. The Morgan fingerprint density at radius 2 is 1.82 bits per heavy atom. The van der Waals surface area contributed by atoms with Gasteiger partial charge in [-0.3, -0.25) is 9.98 Å². The number of aromatic nitrogens is 3. The Kier molecular flexibility index (Phi) is 8.79. The smallest absolute Gasteiger partial charge is 0.276 e. The molecule has 2 N–H and O–H groups in total. The number of aliphatic imine (C=N–C) groups is 1. The van der Waals surface area contributed by atoms with Crippen LogP contribution in [0.5, 0.6) is 0 Å². The Bertz CT molecular complexity index is 870. The summed E-state index contributed by atoms with van der Waals surface area (Å²) in [6.07, 6.45) is 3.05. The summed E-state index contributed by atoms with van der Waals surface area (Å²) in [6, 6.07) is 12.0. The number of hydrogen-bond acceptors (Lipinski definition) is 5. The van der Waals surface area contributed by atoms with E-state index in [4.69, 9.17) is 4.52 Å². The van der Waals surface area contributed by atoms with E-state index in [0.717, 1.165) is 12.0 Å². The summed E-state index contributed by atoms with van der Waals surface area (Å²) in [6.45, 7) is 1.30. The lowest BCUT2D eigenvalue weighted by Gasteiger charge is -2.11. The number of pyridine rings is 1. The van der Waals surface area contributed by atoms with Crippen molar-refractivity contribution in [3.8, 4) is 11.6 Å². The van der Waals surface area contributed by atoms with Crippen molar-refractivity contribution >= 4 is 29.9 Å². The van der Waals surface area contributed by atoms with Crippen molar-refractivity contribution in [2.24, 2.45) is 4.99 Å². The van der Waals surface area contributed by atoms with Crippen LogP contribution < -0.4 is 10.6 Å². The molecule has 0 spiro atoms. The zero-order valence-electron chi connectivity index (χ0n) is 15.4. The third-order valence-corrected chi connectivity index (χ3v) is 3.84. The Morgan fingerprint density at radius 1 is 1.07 bits per heavy atom. The molecular formula is C19H22FIN6O. The highest BCUT2D eigenvalue weighted by Crippen LogP contribution is 2.13. The van der Waals surface area contributed by atoms with Crippen LogP contribution in [-0.2, 0) is 12.8 Å². The highest BCUT2D eigenvalue weighted by atomic mass is 127. The third kappa shape index (κ3) is 6.55. The second kappa shape index (κ2) is 11.3. The van der Waals surface area contributed by atoms with E-state index in [1.807, 2.05) is 18.2 Å². The maximum atomic E-state index is 12.9. The van der Waals surface area contributed by atoms with Crippen molar-refractivity contribution in [2.45, 2.75) is 12.8 Å². The van der Waals surface area contributed by atoms with E-state index in [1.165, 1.54) is 12.1 Å². The molecule has 0 atom stereocenters. The molecule has 7 nitrogen and oxygen atoms in total. The molecule has 1 aromatic carbocycles. The zero-order chi connectivity index (χ0) is 18.9. The first-order chi connectivity index (χ1) is 13.2. The fourth-order valence-electron chi connectivity index (χ4n) is 2.44. The van der Waals surface area contributed by atoms with Crippen LogP contribution in [0.3, 0.4) is 0 Å². The highest BCUT2D eigenvalue weighted by Gasteiger charge is 2.09. The molecule has 0 amide bonds. The van der Waals surface area contributed by atoms with Gasteiger partial charge in [0.15, 0.2) is 11.8 Å². The number of rotatable bonds is 7. The van der Waals surface area contributed by atoms with Gasteiger partial charge in [0.05, 0.1) is 0 Å². The predicted octanol–water partition coefficient (Wildman–Crippen LogP) is 2.84. The highest BCUT2D eigenvalue weighted by molar-refractivity contribution is 14.0. The molecule has 148 valence electrons. The van der Waals surface area contributed by atoms with Gasteiger partial charge >= 0.3 is 0 Å². The number of guanidine groups is 1. The van der Waals surface area contributed by atoms with Crippen LogP contribution in [0.1, 0.15) is 11.4 Å². The second-order valence-corrected chi connectivity index (χ2v) is 5.78. The van der Waals surface area contributed by atoms with Crippen molar-refractivity contribution in [3.63, 3.8) is 0 Å².